The molecule has 0 radical (unpaired) electrons. The molecule has 0 saturated carbocycles. The van der Waals surface area contributed by atoms with Crippen molar-refractivity contribution < 1.29 is 29.6 Å². The molecule has 4 N–H and O–H groups in total. The number of hydrogen-bond donors (Lipinski definition) is 4. The Morgan fingerprint density at radius 3 is 2.61 bits per heavy atom. The van der Waals surface area contributed by atoms with Crippen LogP contribution in [-0.4, -0.2) is 51.4 Å². The molecule has 1 unspecified atom stereocenters. The fourth-order valence-corrected chi connectivity index (χ4v) is 4.71. The van der Waals surface area contributed by atoms with Gasteiger partial charge < -0.3 is 25.2 Å². The first-order chi connectivity index (χ1) is 13.5. The number of aliphatic hydroxyl groups is 4. The summed E-state index contributed by atoms with van der Waals surface area (Å²) in [4.78, 5) is 1.01. The third-order valence-corrected chi connectivity index (χ3v) is 6.22. The summed E-state index contributed by atoms with van der Waals surface area (Å²) in [6.45, 7) is -0.595. The lowest BCUT2D eigenvalue weighted by Crippen LogP contribution is -2.40. The van der Waals surface area contributed by atoms with E-state index in [-0.39, 0.29) is 5.82 Å². The van der Waals surface area contributed by atoms with Gasteiger partial charge in [-0.3, -0.25) is 0 Å². The van der Waals surface area contributed by atoms with Crippen LogP contribution < -0.4 is 0 Å². The number of benzene rings is 2. The zero-order chi connectivity index (χ0) is 19.8. The zero-order valence-corrected chi connectivity index (χ0v) is 15.7. The van der Waals surface area contributed by atoms with Gasteiger partial charge in [-0.2, -0.15) is 0 Å². The second-order valence-corrected chi connectivity index (χ2v) is 8.20. The summed E-state index contributed by atoms with van der Waals surface area (Å²) in [7, 11) is 0. The Kier molecular flexibility index (Phi) is 5.46. The molecular weight excluding hydrogens is 383 g/mol. The molecule has 3 aromatic rings. The first kappa shape index (κ1) is 19.4. The van der Waals surface area contributed by atoms with Gasteiger partial charge in [0, 0.05) is 16.0 Å². The van der Waals surface area contributed by atoms with Crippen molar-refractivity contribution in [1.82, 2.24) is 0 Å². The van der Waals surface area contributed by atoms with E-state index in [1.165, 1.54) is 12.1 Å². The lowest BCUT2D eigenvalue weighted by Gasteiger charge is -2.19. The maximum atomic E-state index is 14.4. The minimum Gasteiger partial charge on any atom is -0.394 e. The molecule has 148 valence electrons. The largest absolute Gasteiger partial charge is 0.394 e. The second kappa shape index (κ2) is 7.87. The molecule has 1 fully saturated rings. The summed E-state index contributed by atoms with van der Waals surface area (Å²) >= 11 is 1.60. The third-order valence-electron chi connectivity index (χ3n) is 5.11. The summed E-state index contributed by atoms with van der Waals surface area (Å²) in [6, 6.07) is 14.4. The van der Waals surface area contributed by atoms with Crippen molar-refractivity contribution in [1.29, 1.82) is 0 Å². The summed E-state index contributed by atoms with van der Waals surface area (Å²) in [6.07, 6.45) is -5.57. The Morgan fingerprint density at radius 2 is 1.86 bits per heavy atom. The fraction of sp³-hybridized carbons (Fsp3) is 0.333. The third kappa shape index (κ3) is 3.57. The Hall–Kier alpha value is -1.87. The van der Waals surface area contributed by atoms with Crippen LogP contribution in [0.3, 0.4) is 0 Å². The summed E-state index contributed by atoms with van der Waals surface area (Å²) in [5.74, 6) is -0.360. The van der Waals surface area contributed by atoms with Gasteiger partial charge >= 0.3 is 0 Å². The van der Waals surface area contributed by atoms with Crippen LogP contribution in [0.1, 0.15) is 22.1 Å². The first-order valence-corrected chi connectivity index (χ1v) is 9.86. The van der Waals surface area contributed by atoms with Gasteiger partial charge in [0.2, 0.25) is 0 Å². The molecule has 0 aliphatic carbocycles. The Morgan fingerprint density at radius 1 is 1.07 bits per heavy atom. The minimum atomic E-state index is -1.34. The van der Waals surface area contributed by atoms with E-state index in [2.05, 4.69) is 0 Å². The highest BCUT2D eigenvalue weighted by Gasteiger charge is 2.46. The van der Waals surface area contributed by atoms with E-state index in [1.54, 1.807) is 17.4 Å². The first-order valence-electron chi connectivity index (χ1n) is 9.04. The molecule has 5 nitrogen and oxygen atoms in total. The highest BCUT2D eigenvalue weighted by atomic mass is 32.1. The lowest BCUT2D eigenvalue weighted by atomic mass is 9.97. The average molecular weight is 404 g/mol. The Balaban J connectivity index is 1.60. The molecule has 28 heavy (non-hydrogen) atoms. The van der Waals surface area contributed by atoms with Gasteiger partial charge in [0.15, 0.2) is 0 Å². The number of rotatable bonds is 5. The molecule has 5 atom stereocenters. The SMILES string of the molecule is OCC(O)[C@H]1O[C@@H](c2ccc(F)c(Cc3cc4ccccc4s3)c2)[C@H](O)[C@H]1O. The van der Waals surface area contributed by atoms with Crippen molar-refractivity contribution in [2.75, 3.05) is 6.61 Å². The molecule has 2 heterocycles. The zero-order valence-electron chi connectivity index (χ0n) is 14.9. The second-order valence-electron chi connectivity index (χ2n) is 7.03. The van der Waals surface area contributed by atoms with E-state index in [4.69, 9.17) is 9.84 Å². The number of fused-ring (bicyclic) bond motifs is 1. The highest BCUT2D eigenvalue weighted by molar-refractivity contribution is 7.19. The molecule has 0 spiro atoms. The van der Waals surface area contributed by atoms with E-state index in [1.807, 2.05) is 30.3 Å². The summed E-state index contributed by atoms with van der Waals surface area (Å²) in [5, 5.41) is 40.4. The van der Waals surface area contributed by atoms with Crippen molar-refractivity contribution in [3.05, 3.63) is 70.4 Å². The van der Waals surface area contributed by atoms with Crippen molar-refractivity contribution in [3.63, 3.8) is 0 Å². The standard InChI is InChI=1S/C21H21FO5S/c22-15-6-5-12(20-18(25)19(26)21(27-20)16(24)10-23)7-13(15)9-14-8-11-3-1-2-4-17(11)28-14/h1-8,16,18-21,23-26H,9-10H2/t16?,18-,19-,20+,21-/m1/s1. The molecule has 1 aromatic heterocycles. The number of ether oxygens (including phenoxy) is 1. The number of halogens is 1. The highest BCUT2D eigenvalue weighted by Crippen LogP contribution is 2.36. The maximum absolute atomic E-state index is 14.4. The molecule has 0 amide bonds. The minimum absolute atomic E-state index is 0.360. The van der Waals surface area contributed by atoms with Crippen LogP contribution in [0, 0.1) is 5.82 Å². The molecule has 1 aliphatic rings. The number of hydrogen-bond acceptors (Lipinski definition) is 6. The van der Waals surface area contributed by atoms with Gasteiger partial charge in [0.1, 0.15) is 36.3 Å². The van der Waals surface area contributed by atoms with E-state index in [0.29, 0.717) is 17.5 Å². The summed E-state index contributed by atoms with van der Waals surface area (Å²) < 4.78 is 21.1. The van der Waals surface area contributed by atoms with Crippen LogP contribution in [0.15, 0.2) is 48.5 Å². The van der Waals surface area contributed by atoms with Crippen LogP contribution in [0.2, 0.25) is 0 Å². The van der Waals surface area contributed by atoms with Gasteiger partial charge in [-0.15, -0.1) is 11.3 Å². The molecule has 1 aliphatic heterocycles. The van der Waals surface area contributed by atoms with Gasteiger partial charge in [-0.25, -0.2) is 4.39 Å². The molecular formula is C21H21FO5S. The van der Waals surface area contributed by atoms with E-state index >= 15 is 0 Å². The fourth-order valence-electron chi connectivity index (χ4n) is 3.62. The average Bonchev–Trinajstić information content (AvgIpc) is 3.24. The maximum Gasteiger partial charge on any atom is 0.126 e. The van der Waals surface area contributed by atoms with E-state index < -0.39 is 37.1 Å². The Labute approximate surface area is 165 Å². The van der Waals surface area contributed by atoms with Crippen LogP contribution in [0.5, 0.6) is 0 Å². The van der Waals surface area contributed by atoms with Crippen LogP contribution in [0.25, 0.3) is 10.1 Å². The summed E-state index contributed by atoms with van der Waals surface area (Å²) in [5.41, 5.74) is 0.970. The number of aliphatic hydroxyl groups excluding tert-OH is 4. The van der Waals surface area contributed by atoms with Gasteiger partial charge in [-0.1, -0.05) is 24.3 Å². The van der Waals surface area contributed by atoms with Crippen molar-refractivity contribution in [2.45, 2.75) is 36.9 Å². The van der Waals surface area contributed by atoms with Gasteiger partial charge in [-0.05, 0) is 40.8 Å². The molecule has 1 saturated heterocycles. The van der Waals surface area contributed by atoms with Gasteiger partial charge in [0.05, 0.1) is 6.61 Å². The molecule has 0 bridgehead atoms. The van der Waals surface area contributed by atoms with Crippen LogP contribution >= 0.6 is 11.3 Å². The predicted molar refractivity (Wildman–Crippen MR) is 104 cm³/mol. The van der Waals surface area contributed by atoms with Crippen molar-refractivity contribution >= 4 is 21.4 Å². The molecule has 4 rings (SSSR count). The van der Waals surface area contributed by atoms with Crippen LogP contribution in [0.4, 0.5) is 4.39 Å². The normalized spacial score (nSPS) is 26.0. The number of thiophene rings is 1. The van der Waals surface area contributed by atoms with E-state index in [9.17, 15) is 19.7 Å². The Bertz CT molecular complexity index is 941. The van der Waals surface area contributed by atoms with Crippen molar-refractivity contribution in [2.24, 2.45) is 0 Å². The van der Waals surface area contributed by atoms with Gasteiger partial charge in [0.25, 0.3) is 0 Å². The molecule has 2 aromatic carbocycles. The topological polar surface area (TPSA) is 90.2 Å². The lowest BCUT2D eigenvalue weighted by molar-refractivity contribution is -0.0820. The molecule has 7 heteroatoms. The predicted octanol–water partition coefficient (Wildman–Crippen LogP) is 2.15. The van der Waals surface area contributed by atoms with Crippen molar-refractivity contribution in [3.8, 4) is 0 Å². The van der Waals surface area contributed by atoms with Crippen LogP contribution in [-0.2, 0) is 11.2 Å². The smallest absolute Gasteiger partial charge is 0.126 e. The van der Waals surface area contributed by atoms with E-state index in [0.717, 1.165) is 15.0 Å². The quantitative estimate of drug-likeness (QED) is 0.523. The monoisotopic (exact) mass is 404 g/mol.